The van der Waals surface area contributed by atoms with Crippen LogP contribution in [0.4, 0.5) is 11.8 Å². The van der Waals surface area contributed by atoms with Gasteiger partial charge in [-0.05, 0) is 44.7 Å². The maximum Gasteiger partial charge on any atom is 0.226 e. The Labute approximate surface area is 136 Å². The lowest BCUT2D eigenvalue weighted by atomic mass is 10.1. The fraction of sp³-hybridized carbons (Fsp3) is 0.667. The second-order valence-electron chi connectivity index (χ2n) is 5.68. The number of hydrogen-bond donors (Lipinski definition) is 0. The predicted molar refractivity (Wildman–Crippen MR) is 90.9 cm³/mol. The summed E-state index contributed by atoms with van der Waals surface area (Å²) in [5.41, 5.74) is 1.65. The Hall–Kier alpha value is -1.56. The van der Waals surface area contributed by atoms with Crippen molar-refractivity contribution in [2.75, 3.05) is 36.0 Å². The molecule has 7 heteroatoms. The maximum atomic E-state index is 6.12. The van der Waals surface area contributed by atoms with Crippen molar-refractivity contribution in [3.63, 3.8) is 0 Å². The van der Waals surface area contributed by atoms with E-state index in [-0.39, 0.29) is 5.28 Å². The lowest BCUT2D eigenvalue weighted by Gasteiger charge is -2.27. The Morgan fingerprint density at radius 1 is 1.05 bits per heavy atom. The van der Waals surface area contributed by atoms with Crippen LogP contribution in [-0.2, 0) is 7.05 Å². The van der Waals surface area contributed by atoms with E-state index >= 15 is 0 Å². The Morgan fingerprint density at radius 3 is 2.36 bits per heavy atom. The second-order valence-corrected chi connectivity index (χ2v) is 6.02. The monoisotopic (exact) mass is 322 g/mol. The minimum absolute atomic E-state index is 0.262. The van der Waals surface area contributed by atoms with Gasteiger partial charge in [0.15, 0.2) is 11.5 Å². The van der Waals surface area contributed by atoms with Gasteiger partial charge in [0.25, 0.3) is 0 Å². The molecule has 0 radical (unpaired) electrons. The molecule has 3 heterocycles. The van der Waals surface area contributed by atoms with Crippen LogP contribution < -0.4 is 9.80 Å². The van der Waals surface area contributed by atoms with Crippen LogP contribution in [0, 0.1) is 0 Å². The predicted octanol–water partition coefficient (Wildman–Crippen LogP) is 2.85. The van der Waals surface area contributed by atoms with Crippen molar-refractivity contribution in [2.24, 2.45) is 7.05 Å². The van der Waals surface area contributed by atoms with Gasteiger partial charge >= 0.3 is 0 Å². The van der Waals surface area contributed by atoms with Crippen molar-refractivity contribution in [2.45, 2.75) is 33.1 Å². The molecule has 120 valence electrons. The number of imidazole rings is 1. The van der Waals surface area contributed by atoms with Gasteiger partial charge in [-0.2, -0.15) is 15.0 Å². The number of rotatable bonds is 4. The number of anilines is 2. The minimum atomic E-state index is 0.262. The largest absolute Gasteiger partial charge is 0.355 e. The van der Waals surface area contributed by atoms with Gasteiger partial charge in [-0.1, -0.05) is 0 Å². The normalized spacial score (nSPS) is 15.5. The van der Waals surface area contributed by atoms with E-state index in [1.807, 2.05) is 7.05 Å². The van der Waals surface area contributed by atoms with E-state index < -0.39 is 0 Å². The first-order valence-electron chi connectivity index (χ1n) is 8.05. The molecule has 1 saturated heterocycles. The van der Waals surface area contributed by atoms with Crippen LogP contribution in [0.2, 0.25) is 5.28 Å². The molecule has 0 bridgehead atoms. The van der Waals surface area contributed by atoms with Crippen molar-refractivity contribution in [3.05, 3.63) is 5.28 Å². The molecule has 2 aromatic heterocycles. The number of aromatic nitrogens is 4. The van der Waals surface area contributed by atoms with Crippen LogP contribution >= 0.6 is 11.6 Å². The van der Waals surface area contributed by atoms with E-state index in [9.17, 15) is 0 Å². The van der Waals surface area contributed by atoms with Crippen molar-refractivity contribution < 1.29 is 0 Å². The summed E-state index contributed by atoms with van der Waals surface area (Å²) in [5.74, 6) is 1.85. The number of nitrogens with zero attached hydrogens (tertiary/aromatic N) is 6. The first kappa shape index (κ1) is 15.3. The highest BCUT2D eigenvalue weighted by Gasteiger charge is 2.22. The summed E-state index contributed by atoms with van der Waals surface area (Å²) in [5, 5.41) is 0.262. The first-order chi connectivity index (χ1) is 10.7. The summed E-state index contributed by atoms with van der Waals surface area (Å²) in [6.07, 6.45) is 3.74. The van der Waals surface area contributed by atoms with Crippen LogP contribution in [0.15, 0.2) is 0 Å². The van der Waals surface area contributed by atoms with Crippen LogP contribution in [0.25, 0.3) is 11.2 Å². The summed E-state index contributed by atoms with van der Waals surface area (Å²) in [6, 6.07) is 0. The summed E-state index contributed by atoms with van der Waals surface area (Å²) in [4.78, 5) is 18.1. The first-order valence-corrected chi connectivity index (χ1v) is 8.43. The smallest absolute Gasteiger partial charge is 0.226 e. The van der Waals surface area contributed by atoms with Gasteiger partial charge in [0.05, 0.1) is 0 Å². The second kappa shape index (κ2) is 6.28. The SMILES string of the molecule is CCN(CC)c1nc(Cl)nc2nc(N3CCCCC3)n(C)c12. The average molecular weight is 323 g/mol. The Kier molecular flexibility index (Phi) is 4.38. The molecule has 3 rings (SSSR count). The van der Waals surface area contributed by atoms with Gasteiger partial charge in [-0.15, -0.1) is 0 Å². The number of hydrogen-bond acceptors (Lipinski definition) is 5. The molecule has 0 aliphatic carbocycles. The van der Waals surface area contributed by atoms with Crippen molar-refractivity contribution in [3.8, 4) is 0 Å². The van der Waals surface area contributed by atoms with Crippen LogP contribution in [0.1, 0.15) is 33.1 Å². The molecule has 6 nitrogen and oxygen atoms in total. The third-order valence-electron chi connectivity index (χ3n) is 4.36. The Bertz CT molecular complexity index is 658. The number of piperidine rings is 1. The fourth-order valence-corrected chi connectivity index (χ4v) is 3.33. The minimum Gasteiger partial charge on any atom is -0.355 e. The molecule has 2 aromatic rings. The maximum absolute atomic E-state index is 6.12. The average Bonchev–Trinajstić information content (AvgIpc) is 2.86. The highest BCUT2D eigenvalue weighted by atomic mass is 35.5. The summed E-state index contributed by atoms with van der Waals surface area (Å²) < 4.78 is 2.12. The fourth-order valence-electron chi connectivity index (χ4n) is 3.17. The topological polar surface area (TPSA) is 50.1 Å². The van der Waals surface area contributed by atoms with Crippen LogP contribution in [-0.4, -0.2) is 45.7 Å². The summed E-state index contributed by atoms with van der Waals surface area (Å²) in [7, 11) is 2.05. The third kappa shape index (κ3) is 2.60. The zero-order valence-corrected chi connectivity index (χ0v) is 14.3. The molecule has 0 atom stereocenters. The number of fused-ring (bicyclic) bond motifs is 1. The summed E-state index contributed by atoms with van der Waals surface area (Å²) >= 11 is 6.12. The molecule has 0 aromatic carbocycles. The molecule has 22 heavy (non-hydrogen) atoms. The standard InChI is InChI=1S/C15H23ClN6/c1-4-21(5-2)13-11-12(17-14(16)19-13)18-15(20(11)3)22-9-7-6-8-10-22/h4-10H2,1-3H3. The Morgan fingerprint density at radius 2 is 1.73 bits per heavy atom. The lowest BCUT2D eigenvalue weighted by molar-refractivity contribution is 0.563. The van der Waals surface area contributed by atoms with Gasteiger partial charge in [0.1, 0.15) is 5.52 Å². The highest BCUT2D eigenvalue weighted by Crippen LogP contribution is 2.29. The van der Waals surface area contributed by atoms with Crippen molar-refractivity contribution >= 4 is 34.5 Å². The van der Waals surface area contributed by atoms with Gasteiger partial charge in [-0.3, -0.25) is 0 Å². The van der Waals surface area contributed by atoms with Gasteiger partial charge < -0.3 is 14.4 Å². The van der Waals surface area contributed by atoms with Gasteiger partial charge in [0.2, 0.25) is 11.2 Å². The zero-order chi connectivity index (χ0) is 15.7. The molecule has 0 spiro atoms. The quantitative estimate of drug-likeness (QED) is 0.810. The molecular formula is C15H23ClN6. The molecule has 0 N–H and O–H groups in total. The van der Waals surface area contributed by atoms with Crippen molar-refractivity contribution in [1.82, 2.24) is 19.5 Å². The zero-order valence-electron chi connectivity index (χ0n) is 13.5. The number of halogens is 1. The molecular weight excluding hydrogens is 300 g/mol. The van der Waals surface area contributed by atoms with E-state index in [2.05, 4.69) is 38.2 Å². The van der Waals surface area contributed by atoms with Crippen LogP contribution in [0.5, 0.6) is 0 Å². The number of aryl methyl sites for hydroxylation is 1. The molecule has 1 aliphatic rings. The summed E-state index contributed by atoms with van der Waals surface area (Å²) in [6.45, 7) is 8.10. The van der Waals surface area contributed by atoms with Gasteiger partial charge in [0, 0.05) is 33.2 Å². The van der Waals surface area contributed by atoms with E-state index in [4.69, 9.17) is 16.6 Å². The molecule has 1 fully saturated rings. The Balaban J connectivity index is 2.14. The van der Waals surface area contributed by atoms with E-state index in [1.54, 1.807) is 0 Å². The third-order valence-corrected chi connectivity index (χ3v) is 4.53. The van der Waals surface area contributed by atoms with E-state index in [0.29, 0.717) is 5.65 Å². The van der Waals surface area contributed by atoms with Gasteiger partial charge in [-0.25, -0.2) is 0 Å². The molecule has 0 amide bonds. The van der Waals surface area contributed by atoms with E-state index in [1.165, 1.54) is 19.3 Å². The lowest BCUT2D eigenvalue weighted by Crippen LogP contribution is -2.31. The van der Waals surface area contributed by atoms with E-state index in [0.717, 1.165) is 43.5 Å². The van der Waals surface area contributed by atoms with Crippen LogP contribution in [0.3, 0.4) is 0 Å². The highest BCUT2D eigenvalue weighted by molar-refractivity contribution is 6.28. The van der Waals surface area contributed by atoms with Crippen molar-refractivity contribution in [1.29, 1.82) is 0 Å². The molecule has 1 aliphatic heterocycles. The molecule has 0 saturated carbocycles. The molecule has 0 unspecified atom stereocenters.